The zero-order valence-electron chi connectivity index (χ0n) is 26.6. The molecule has 4 aromatic rings. The Balaban J connectivity index is 1.53. The lowest BCUT2D eigenvalue weighted by atomic mass is 9.76. The molecule has 2 aliphatic heterocycles. The third-order valence-electron chi connectivity index (χ3n) is 9.43. The summed E-state index contributed by atoms with van der Waals surface area (Å²) in [6.07, 6.45) is 1.07. The van der Waals surface area contributed by atoms with Crippen LogP contribution in [0.3, 0.4) is 0 Å². The van der Waals surface area contributed by atoms with Crippen LogP contribution in [-0.2, 0) is 40.3 Å². The lowest BCUT2D eigenvalue weighted by Gasteiger charge is -2.32. The van der Waals surface area contributed by atoms with Crippen LogP contribution in [0.15, 0.2) is 91.0 Å². The number of carboxylic acids is 1. The van der Waals surface area contributed by atoms with Crippen LogP contribution in [0, 0.1) is 11.8 Å². The topological polar surface area (TPSA) is 125 Å². The number of nitrogens with zero attached hydrogens (tertiary/aromatic N) is 1. The number of phenols is 1. The molecule has 6 rings (SSSR count). The molecule has 0 bridgehead atoms. The molecular formula is C38H38N2O7. The van der Waals surface area contributed by atoms with Crippen LogP contribution in [0.2, 0.25) is 0 Å². The van der Waals surface area contributed by atoms with Gasteiger partial charge in [0, 0.05) is 18.0 Å². The van der Waals surface area contributed by atoms with Crippen molar-refractivity contribution >= 4 is 23.5 Å². The number of carboxylic acid groups (broad SMARTS) is 1. The first kappa shape index (κ1) is 31.8. The third kappa shape index (κ3) is 5.50. The smallest absolute Gasteiger partial charge is 0.325 e. The molecule has 2 amide bonds. The summed E-state index contributed by atoms with van der Waals surface area (Å²) in [4.78, 5) is 44.2. The van der Waals surface area contributed by atoms with Crippen LogP contribution in [0.4, 0.5) is 5.69 Å². The summed E-state index contributed by atoms with van der Waals surface area (Å²) in [6.45, 7) is 4.14. The van der Waals surface area contributed by atoms with Gasteiger partial charge < -0.3 is 19.7 Å². The fraction of sp³-hybridized carbons (Fsp3) is 0.289. The van der Waals surface area contributed by atoms with E-state index in [1.54, 1.807) is 30.3 Å². The average molecular weight is 635 g/mol. The highest BCUT2D eigenvalue weighted by atomic mass is 16.5. The fourth-order valence-corrected chi connectivity index (χ4v) is 7.19. The number of aromatic hydroxyl groups is 1. The second-order valence-electron chi connectivity index (χ2n) is 12.0. The third-order valence-corrected chi connectivity index (χ3v) is 9.43. The molecule has 0 radical (unpaired) electrons. The molecule has 9 heteroatoms. The molecule has 0 spiro atoms. The van der Waals surface area contributed by atoms with Crippen LogP contribution < -0.4 is 19.7 Å². The molecule has 2 heterocycles. The second-order valence-corrected chi connectivity index (χ2v) is 12.0. The Morgan fingerprint density at radius 2 is 1.51 bits per heavy atom. The van der Waals surface area contributed by atoms with Gasteiger partial charge in [0.1, 0.15) is 17.9 Å². The Labute approximate surface area is 273 Å². The number of amides is 2. The quantitative estimate of drug-likeness (QED) is 0.182. The summed E-state index contributed by atoms with van der Waals surface area (Å²) in [5, 5.41) is 24.2. The number of aryl methyl sites for hydroxylation is 2. The second kappa shape index (κ2) is 12.9. The number of hydrogen-bond donors (Lipinski definition) is 3. The summed E-state index contributed by atoms with van der Waals surface area (Å²) >= 11 is 0. The number of methoxy groups -OCH3 is 1. The van der Waals surface area contributed by atoms with Crippen LogP contribution in [0.5, 0.6) is 17.2 Å². The summed E-state index contributed by atoms with van der Waals surface area (Å²) < 4.78 is 12.1. The number of anilines is 1. The van der Waals surface area contributed by atoms with E-state index in [0.29, 0.717) is 41.2 Å². The summed E-state index contributed by atoms with van der Waals surface area (Å²) in [5.74, 6) is -3.75. The molecule has 2 aliphatic rings. The SMILES string of the molecule is CCc1cccc(CC)c1N1C(=O)C2C(c3cccc(OC)c3OCc3ccccc3)NC(Cc3ccc(O)cc3)(C(=O)O)C2C1=O. The normalized spacial score (nSPS) is 21.9. The van der Waals surface area contributed by atoms with Crippen molar-refractivity contribution in [1.82, 2.24) is 5.32 Å². The lowest BCUT2D eigenvalue weighted by Crippen LogP contribution is -2.57. The van der Waals surface area contributed by atoms with Crippen LogP contribution in [0.1, 0.15) is 47.7 Å². The molecule has 0 aromatic heterocycles. The predicted octanol–water partition coefficient (Wildman–Crippen LogP) is 5.62. The molecule has 0 saturated carbocycles. The van der Waals surface area contributed by atoms with E-state index in [0.717, 1.165) is 16.7 Å². The Kier molecular flexibility index (Phi) is 8.75. The van der Waals surface area contributed by atoms with Gasteiger partial charge in [-0.2, -0.15) is 0 Å². The van der Waals surface area contributed by atoms with E-state index in [4.69, 9.17) is 9.47 Å². The molecule has 47 heavy (non-hydrogen) atoms. The molecule has 2 saturated heterocycles. The first-order valence-corrected chi connectivity index (χ1v) is 15.8. The van der Waals surface area contributed by atoms with Crippen LogP contribution in [0.25, 0.3) is 0 Å². The number of aliphatic carboxylic acids is 1. The number of imide groups is 1. The maximum Gasteiger partial charge on any atom is 0.325 e. The van der Waals surface area contributed by atoms with Gasteiger partial charge in [-0.05, 0) is 53.3 Å². The van der Waals surface area contributed by atoms with Gasteiger partial charge in [0.15, 0.2) is 11.5 Å². The maximum atomic E-state index is 14.7. The van der Waals surface area contributed by atoms with Gasteiger partial charge in [-0.1, -0.05) is 86.6 Å². The van der Waals surface area contributed by atoms with Gasteiger partial charge in [0.05, 0.1) is 24.6 Å². The molecule has 0 aliphatic carbocycles. The number of carbonyl (C=O) groups excluding carboxylic acids is 2. The highest BCUT2D eigenvalue weighted by Crippen LogP contribution is 2.54. The Hall–Kier alpha value is -5.15. The average Bonchev–Trinajstić information content (AvgIpc) is 3.57. The number of hydrogen-bond acceptors (Lipinski definition) is 7. The van der Waals surface area contributed by atoms with Crippen molar-refractivity contribution in [1.29, 1.82) is 0 Å². The first-order chi connectivity index (χ1) is 22.7. The lowest BCUT2D eigenvalue weighted by molar-refractivity contribution is -0.148. The van der Waals surface area contributed by atoms with Gasteiger partial charge in [-0.15, -0.1) is 0 Å². The highest BCUT2D eigenvalue weighted by molar-refractivity contribution is 6.25. The van der Waals surface area contributed by atoms with Crippen molar-refractivity contribution in [2.45, 2.75) is 51.3 Å². The van der Waals surface area contributed by atoms with Crippen molar-refractivity contribution in [3.63, 3.8) is 0 Å². The van der Waals surface area contributed by atoms with Crippen LogP contribution in [-0.4, -0.2) is 40.6 Å². The molecule has 9 nitrogen and oxygen atoms in total. The minimum atomic E-state index is -1.86. The van der Waals surface area contributed by atoms with Crippen molar-refractivity contribution in [2.75, 3.05) is 12.0 Å². The number of benzene rings is 4. The van der Waals surface area contributed by atoms with Crippen LogP contribution >= 0.6 is 0 Å². The monoisotopic (exact) mass is 634 g/mol. The van der Waals surface area contributed by atoms with Gasteiger partial charge in [0.2, 0.25) is 11.8 Å². The number of carbonyl (C=O) groups is 3. The fourth-order valence-electron chi connectivity index (χ4n) is 7.19. The van der Waals surface area contributed by atoms with Crippen molar-refractivity contribution in [2.24, 2.45) is 11.8 Å². The zero-order valence-corrected chi connectivity index (χ0v) is 26.6. The molecule has 4 aromatic carbocycles. The summed E-state index contributed by atoms with van der Waals surface area (Å²) in [5.41, 5.74) is 2.37. The van der Waals surface area contributed by atoms with Gasteiger partial charge in [-0.3, -0.25) is 19.7 Å². The molecule has 3 N–H and O–H groups in total. The number of para-hydroxylation sites is 2. The highest BCUT2D eigenvalue weighted by Gasteiger charge is 2.69. The molecule has 4 unspecified atom stereocenters. The number of fused-ring (bicyclic) bond motifs is 1. The molecule has 2 fully saturated rings. The van der Waals surface area contributed by atoms with Crippen molar-refractivity contribution in [3.8, 4) is 17.2 Å². The Bertz CT molecular complexity index is 1780. The zero-order chi connectivity index (χ0) is 33.3. The Morgan fingerprint density at radius 3 is 2.13 bits per heavy atom. The number of phenolic OH excluding ortho intramolecular Hbond substituents is 1. The van der Waals surface area contributed by atoms with E-state index in [1.165, 1.54) is 24.1 Å². The minimum absolute atomic E-state index is 0.0337. The van der Waals surface area contributed by atoms with E-state index in [2.05, 4.69) is 5.32 Å². The van der Waals surface area contributed by atoms with E-state index < -0.39 is 41.2 Å². The van der Waals surface area contributed by atoms with Gasteiger partial charge in [0.25, 0.3) is 0 Å². The number of ether oxygens (including phenoxy) is 2. The number of nitrogens with one attached hydrogen (secondary N) is 1. The van der Waals surface area contributed by atoms with Crippen molar-refractivity contribution < 1.29 is 34.1 Å². The molecule has 242 valence electrons. The van der Waals surface area contributed by atoms with E-state index >= 15 is 0 Å². The molecule has 4 atom stereocenters. The molecular weight excluding hydrogens is 596 g/mol. The van der Waals surface area contributed by atoms with Crippen molar-refractivity contribution in [3.05, 3.63) is 119 Å². The van der Waals surface area contributed by atoms with Gasteiger partial charge >= 0.3 is 5.97 Å². The van der Waals surface area contributed by atoms with E-state index in [-0.39, 0.29) is 18.8 Å². The first-order valence-electron chi connectivity index (χ1n) is 15.8. The summed E-state index contributed by atoms with van der Waals surface area (Å²) in [7, 11) is 1.52. The largest absolute Gasteiger partial charge is 0.508 e. The minimum Gasteiger partial charge on any atom is -0.508 e. The maximum absolute atomic E-state index is 14.7. The Morgan fingerprint density at radius 1 is 0.851 bits per heavy atom. The van der Waals surface area contributed by atoms with E-state index in [9.17, 15) is 24.6 Å². The van der Waals surface area contributed by atoms with Gasteiger partial charge in [-0.25, -0.2) is 4.90 Å². The number of rotatable bonds is 11. The van der Waals surface area contributed by atoms with E-state index in [1.807, 2.05) is 62.4 Å². The summed E-state index contributed by atoms with van der Waals surface area (Å²) in [6, 6.07) is 25.9. The standard InChI is InChI=1S/C38H38N2O7/c1-4-25-13-9-14-26(5-2)33(25)40-35(42)30-31(36(40)43)38(37(44)45,21-23-17-19-27(41)20-18-23)39-32(30)28-15-10-16-29(46-3)34(28)47-22-24-11-7-6-8-12-24/h6-20,30-32,39,41H,4-5,21-22H2,1-3H3,(H,44,45). The predicted molar refractivity (Wildman–Crippen MR) is 176 cm³/mol.